The fourth-order valence-electron chi connectivity index (χ4n) is 4.21. The predicted octanol–water partition coefficient (Wildman–Crippen LogP) is 6.51. The van der Waals surface area contributed by atoms with Crippen molar-refractivity contribution in [1.82, 2.24) is 0 Å². The van der Waals surface area contributed by atoms with E-state index in [-0.39, 0.29) is 22.3 Å². The molecule has 0 N–H and O–H groups in total. The molecule has 4 aromatic rings. The highest BCUT2D eigenvalue weighted by Crippen LogP contribution is 2.41. The number of carbonyl (C=O) groups is 1. The second-order valence-electron chi connectivity index (χ2n) is 8.14. The first kappa shape index (κ1) is 22.2. The molecule has 172 valence electrons. The van der Waals surface area contributed by atoms with E-state index in [9.17, 15) is 14.0 Å². The average molecular weight is 478 g/mol. The Balaban J connectivity index is 1.67. The monoisotopic (exact) mass is 477 g/mol. The van der Waals surface area contributed by atoms with Gasteiger partial charge in [-0.25, -0.2) is 4.39 Å². The van der Waals surface area contributed by atoms with Gasteiger partial charge < -0.3 is 9.15 Å². The molecule has 1 aliphatic heterocycles. The summed E-state index contributed by atoms with van der Waals surface area (Å²) in [6.07, 6.45) is 1.97. The highest BCUT2D eigenvalue weighted by Gasteiger charge is 2.43. The Morgan fingerprint density at radius 1 is 1.03 bits per heavy atom. The Hall–Kier alpha value is -3.64. The van der Waals surface area contributed by atoms with Crippen molar-refractivity contribution in [3.8, 4) is 5.75 Å². The topological polar surface area (TPSA) is 59.8 Å². The molecule has 0 saturated heterocycles. The van der Waals surface area contributed by atoms with Gasteiger partial charge in [-0.15, -0.1) is 0 Å². The number of anilines is 1. The second-order valence-corrected chi connectivity index (χ2v) is 8.58. The van der Waals surface area contributed by atoms with Crippen molar-refractivity contribution >= 4 is 34.2 Å². The molecule has 0 saturated carbocycles. The van der Waals surface area contributed by atoms with Crippen LogP contribution in [0.1, 0.15) is 47.5 Å². The van der Waals surface area contributed by atoms with Gasteiger partial charge in [0, 0.05) is 10.7 Å². The number of amides is 1. The smallest absolute Gasteiger partial charge is 0.295 e. The number of nitrogens with zero attached hydrogens (tertiary/aromatic N) is 1. The van der Waals surface area contributed by atoms with Gasteiger partial charge in [0.1, 0.15) is 17.1 Å². The molecule has 1 atom stereocenters. The molecule has 0 fully saturated rings. The van der Waals surface area contributed by atoms with Crippen molar-refractivity contribution in [1.29, 1.82) is 0 Å². The zero-order chi connectivity index (χ0) is 23.8. The van der Waals surface area contributed by atoms with Gasteiger partial charge in [0.2, 0.25) is 5.76 Å². The molecular weight excluding hydrogens is 457 g/mol. The lowest BCUT2D eigenvalue weighted by Crippen LogP contribution is -2.29. The van der Waals surface area contributed by atoms with E-state index in [1.54, 1.807) is 12.1 Å². The first-order valence-corrected chi connectivity index (χ1v) is 11.4. The predicted molar refractivity (Wildman–Crippen MR) is 129 cm³/mol. The maximum absolute atomic E-state index is 13.6. The Labute approximate surface area is 200 Å². The molecule has 1 unspecified atom stereocenters. The summed E-state index contributed by atoms with van der Waals surface area (Å²) in [7, 11) is 0. The van der Waals surface area contributed by atoms with Crippen LogP contribution in [0.3, 0.4) is 0 Å². The first-order valence-electron chi connectivity index (χ1n) is 11.1. The first-order chi connectivity index (χ1) is 16.5. The molecular formula is C27H21ClFNO4. The fourth-order valence-corrected chi connectivity index (χ4v) is 4.38. The minimum Gasteiger partial charge on any atom is -0.494 e. The molecule has 34 heavy (non-hydrogen) atoms. The van der Waals surface area contributed by atoms with E-state index in [4.69, 9.17) is 20.8 Å². The summed E-state index contributed by atoms with van der Waals surface area (Å²) >= 11 is 6.13. The highest BCUT2D eigenvalue weighted by molar-refractivity contribution is 6.31. The van der Waals surface area contributed by atoms with Crippen molar-refractivity contribution in [2.45, 2.75) is 25.8 Å². The lowest BCUT2D eigenvalue weighted by atomic mass is 9.98. The van der Waals surface area contributed by atoms with Gasteiger partial charge in [0.25, 0.3) is 5.91 Å². The van der Waals surface area contributed by atoms with Crippen LogP contribution in [0.15, 0.2) is 75.9 Å². The van der Waals surface area contributed by atoms with Crippen molar-refractivity contribution in [2.75, 3.05) is 11.5 Å². The van der Waals surface area contributed by atoms with Gasteiger partial charge in [0.15, 0.2) is 5.43 Å². The van der Waals surface area contributed by atoms with Crippen LogP contribution >= 0.6 is 11.6 Å². The molecule has 0 spiro atoms. The van der Waals surface area contributed by atoms with Crippen molar-refractivity contribution in [3.05, 3.63) is 105 Å². The van der Waals surface area contributed by atoms with Crippen LogP contribution in [0.25, 0.3) is 11.0 Å². The highest BCUT2D eigenvalue weighted by atomic mass is 35.5. The van der Waals surface area contributed by atoms with Gasteiger partial charge >= 0.3 is 0 Å². The van der Waals surface area contributed by atoms with Gasteiger partial charge in [-0.2, -0.15) is 0 Å². The van der Waals surface area contributed by atoms with E-state index < -0.39 is 17.8 Å². The average Bonchev–Trinajstić information content (AvgIpc) is 3.13. The molecule has 7 heteroatoms. The summed E-state index contributed by atoms with van der Waals surface area (Å²) in [6, 6.07) is 16.8. The van der Waals surface area contributed by atoms with Crippen LogP contribution in [-0.4, -0.2) is 12.5 Å². The zero-order valence-electron chi connectivity index (χ0n) is 18.4. The van der Waals surface area contributed by atoms with E-state index in [1.807, 2.05) is 24.3 Å². The van der Waals surface area contributed by atoms with Crippen molar-refractivity contribution in [3.63, 3.8) is 0 Å². The maximum atomic E-state index is 13.6. The number of fused-ring (bicyclic) bond motifs is 2. The Bertz CT molecular complexity index is 1430. The molecule has 5 rings (SSSR count). The minimum absolute atomic E-state index is 0.0302. The molecule has 0 bridgehead atoms. The summed E-state index contributed by atoms with van der Waals surface area (Å²) < 4.78 is 25.3. The van der Waals surface area contributed by atoms with Gasteiger partial charge in [-0.1, -0.05) is 37.1 Å². The second kappa shape index (κ2) is 8.95. The third-order valence-electron chi connectivity index (χ3n) is 5.90. The van der Waals surface area contributed by atoms with Crippen LogP contribution < -0.4 is 15.1 Å². The third kappa shape index (κ3) is 3.84. The number of benzene rings is 3. The third-order valence-corrected chi connectivity index (χ3v) is 6.13. The number of halogens is 2. The number of unbranched alkanes of at least 4 members (excludes halogenated alkanes) is 1. The standard InChI is InChI=1S/C27H21ClFNO4/c1-2-3-14-33-20-11-4-16(5-12-20)24-23-25(31)21-15-17(28)6-13-22(21)34-26(23)27(32)30(24)19-9-7-18(29)8-10-19/h4-13,15,24H,2-3,14H2,1H3. The van der Waals surface area contributed by atoms with Crippen LogP contribution in [0.5, 0.6) is 5.75 Å². The lowest BCUT2D eigenvalue weighted by Gasteiger charge is -2.25. The number of ether oxygens (including phenoxy) is 1. The molecule has 2 heterocycles. The van der Waals surface area contributed by atoms with Gasteiger partial charge in [0.05, 0.1) is 23.6 Å². The Morgan fingerprint density at radius 3 is 2.47 bits per heavy atom. The van der Waals surface area contributed by atoms with Crippen LogP contribution in [0.4, 0.5) is 10.1 Å². The summed E-state index contributed by atoms with van der Waals surface area (Å²) in [4.78, 5) is 28.6. The number of hydrogen-bond donors (Lipinski definition) is 0. The molecule has 1 aliphatic rings. The van der Waals surface area contributed by atoms with Crippen LogP contribution in [0, 0.1) is 5.82 Å². The Kier molecular flexibility index (Phi) is 5.84. The lowest BCUT2D eigenvalue weighted by molar-refractivity contribution is 0.0971. The molecule has 1 amide bonds. The summed E-state index contributed by atoms with van der Waals surface area (Å²) in [5.74, 6) is -0.221. The number of carbonyl (C=O) groups excluding carboxylic acids is 1. The quantitative estimate of drug-likeness (QED) is 0.297. The summed E-state index contributed by atoms with van der Waals surface area (Å²) in [6.45, 7) is 2.70. The Morgan fingerprint density at radius 2 is 1.76 bits per heavy atom. The molecule has 3 aromatic carbocycles. The number of rotatable bonds is 6. The van der Waals surface area contributed by atoms with Gasteiger partial charge in [-0.3, -0.25) is 14.5 Å². The van der Waals surface area contributed by atoms with Crippen LogP contribution in [-0.2, 0) is 0 Å². The van der Waals surface area contributed by atoms with Crippen molar-refractivity contribution in [2.24, 2.45) is 0 Å². The van der Waals surface area contributed by atoms with E-state index in [1.165, 1.54) is 35.2 Å². The fraction of sp³-hybridized carbons (Fsp3) is 0.185. The summed E-state index contributed by atoms with van der Waals surface area (Å²) in [5.41, 5.74) is 1.33. The minimum atomic E-state index is -0.753. The normalized spacial score (nSPS) is 15.1. The van der Waals surface area contributed by atoms with Crippen molar-refractivity contribution < 1.29 is 18.3 Å². The van der Waals surface area contributed by atoms with Gasteiger partial charge in [-0.05, 0) is 66.6 Å². The summed E-state index contributed by atoms with van der Waals surface area (Å²) in [5, 5.41) is 0.689. The molecule has 0 aliphatic carbocycles. The number of hydrogen-bond acceptors (Lipinski definition) is 4. The SMILES string of the molecule is CCCCOc1ccc(C2c3c(oc4ccc(Cl)cc4c3=O)C(=O)N2c2ccc(F)cc2)cc1. The molecule has 1 aromatic heterocycles. The maximum Gasteiger partial charge on any atom is 0.295 e. The van der Waals surface area contributed by atoms with E-state index in [2.05, 4.69) is 6.92 Å². The zero-order valence-corrected chi connectivity index (χ0v) is 19.1. The van der Waals surface area contributed by atoms with E-state index >= 15 is 0 Å². The molecule has 0 radical (unpaired) electrons. The molecule has 5 nitrogen and oxygen atoms in total. The largest absolute Gasteiger partial charge is 0.494 e. The van der Waals surface area contributed by atoms with Crippen LogP contribution in [0.2, 0.25) is 5.02 Å². The van der Waals surface area contributed by atoms with E-state index in [0.717, 1.165) is 12.8 Å². The van der Waals surface area contributed by atoms with E-state index in [0.29, 0.717) is 34.0 Å².